The van der Waals surface area contributed by atoms with Gasteiger partial charge in [0.15, 0.2) is 16.7 Å². The maximum absolute atomic E-state index is 13.4. The number of thiazole rings is 1. The second-order valence-electron chi connectivity index (χ2n) is 8.35. The lowest BCUT2D eigenvalue weighted by molar-refractivity contribution is -0.384. The van der Waals surface area contributed by atoms with Crippen molar-refractivity contribution >= 4 is 44.1 Å². The predicted octanol–water partition coefficient (Wildman–Crippen LogP) is 5.51. The van der Waals surface area contributed by atoms with Gasteiger partial charge in [0.1, 0.15) is 5.76 Å². The summed E-state index contributed by atoms with van der Waals surface area (Å²) in [6.07, 6.45) is 0. The second kappa shape index (κ2) is 8.17. The number of nitrogens with zero attached hydrogens (tertiary/aromatic N) is 3. The van der Waals surface area contributed by atoms with Gasteiger partial charge in [0.2, 0.25) is 5.78 Å². The Balaban J connectivity index is 1.69. The first-order valence-corrected chi connectivity index (χ1v) is 11.5. The summed E-state index contributed by atoms with van der Waals surface area (Å²) in [7, 11) is 0. The average Bonchev–Trinajstić information content (AvgIpc) is 3.50. The Morgan fingerprint density at radius 1 is 1.14 bits per heavy atom. The largest absolute Gasteiger partial charge is 0.503 e. The Morgan fingerprint density at radius 2 is 1.86 bits per heavy atom. The van der Waals surface area contributed by atoms with Crippen molar-refractivity contribution in [2.75, 3.05) is 4.90 Å². The van der Waals surface area contributed by atoms with Gasteiger partial charge in [-0.15, -0.1) is 0 Å². The Kier molecular flexibility index (Phi) is 5.25. The molecule has 1 atom stereocenters. The van der Waals surface area contributed by atoms with Crippen LogP contribution in [0.1, 0.15) is 39.0 Å². The van der Waals surface area contributed by atoms with E-state index >= 15 is 0 Å². The van der Waals surface area contributed by atoms with Gasteiger partial charge >= 0.3 is 0 Å². The zero-order chi connectivity index (χ0) is 25.0. The van der Waals surface area contributed by atoms with Crippen LogP contribution in [0.15, 0.2) is 64.3 Å². The van der Waals surface area contributed by atoms with Crippen molar-refractivity contribution in [2.45, 2.75) is 26.8 Å². The number of aliphatic hydroxyl groups excluding tert-OH is 1. The lowest BCUT2D eigenvalue weighted by atomic mass is 9.95. The summed E-state index contributed by atoms with van der Waals surface area (Å²) >= 11 is 1.26. The summed E-state index contributed by atoms with van der Waals surface area (Å²) in [6, 6.07) is 11.5. The van der Waals surface area contributed by atoms with Gasteiger partial charge in [-0.3, -0.25) is 24.6 Å². The number of ketones is 1. The van der Waals surface area contributed by atoms with Crippen molar-refractivity contribution in [1.82, 2.24) is 4.98 Å². The molecule has 5 rings (SSSR count). The van der Waals surface area contributed by atoms with E-state index in [0.717, 1.165) is 15.8 Å². The predicted molar refractivity (Wildman–Crippen MR) is 130 cm³/mol. The number of hydrogen-bond donors (Lipinski definition) is 1. The van der Waals surface area contributed by atoms with Gasteiger partial charge in [-0.05, 0) is 67.8 Å². The topological polar surface area (TPSA) is 127 Å². The molecule has 1 N–H and O–H groups in total. The molecule has 35 heavy (non-hydrogen) atoms. The molecule has 2 aromatic carbocycles. The molecule has 0 saturated heterocycles. The van der Waals surface area contributed by atoms with Crippen LogP contribution in [0.3, 0.4) is 0 Å². The van der Waals surface area contributed by atoms with Gasteiger partial charge in [0.05, 0.1) is 26.8 Å². The molecule has 0 saturated carbocycles. The van der Waals surface area contributed by atoms with E-state index in [0.29, 0.717) is 22.0 Å². The first-order valence-electron chi connectivity index (χ1n) is 10.7. The highest BCUT2D eigenvalue weighted by Gasteiger charge is 2.46. The van der Waals surface area contributed by atoms with Gasteiger partial charge in [0, 0.05) is 12.1 Å². The average molecular weight is 490 g/mol. The Hall–Kier alpha value is -4.31. The SMILES string of the molecule is Cc1cc(C)c2nc(N3C(=O)C(O)=C(C(=O)c4ccc(C)o4)C3c3ccc([N+](=O)[O-])cc3)sc2c1. The van der Waals surface area contributed by atoms with E-state index in [1.165, 1.54) is 46.6 Å². The number of Topliss-reactive ketones (excluding diaryl/α,β-unsaturated/α-hetero) is 1. The third-order valence-corrected chi connectivity index (χ3v) is 6.86. The summed E-state index contributed by atoms with van der Waals surface area (Å²) in [5.74, 6) is -1.67. The molecule has 10 heteroatoms. The van der Waals surface area contributed by atoms with Crippen molar-refractivity contribution in [3.05, 3.63) is 98.2 Å². The van der Waals surface area contributed by atoms with Crippen LogP contribution < -0.4 is 4.90 Å². The Labute approximate surface area is 203 Å². The van der Waals surface area contributed by atoms with E-state index in [4.69, 9.17) is 4.42 Å². The van der Waals surface area contributed by atoms with E-state index in [9.17, 15) is 24.8 Å². The molecule has 9 nitrogen and oxygen atoms in total. The minimum atomic E-state index is -1.05. The number of hydrogen-bond acceptors (Lipinski definition) is 8. The molecular formula is C25H19N3O6S. The number of benzene rings is 2. The summed E-state index contributed by atoms with van der Waals surface area (Å²) in [5, 5.41) is 22.3. The first-order chi connectivity index (χ1) is 16.7. The highest BCUT2D eigenvalue weighted by atomic mass is 32.1. The quantitative estimate of drug-likeness (QED) is 0.223. The van der Waals surface area contributed by atoms with Crippen LogP contribution in [0.2, 0.25) is 0 Å². The normalized spacial score (nSPS) is 15.9. The van der Waals surface area contributed by atoms with Gasteiger partial charge in [-0.1, -0.05) is 17.4 Å². The van der Waals surface area contributed by atoms with Crippen LogP contribution in [0.5, 0.6) is 0 Å². The van der Waals surface area contributed by atoms with Crippen molar-refractivity contribution < 1.29 is 24.0 Å². The molecule has 1 aliphatic rings. The number of rotatable bonds is 5. The molecule has 0 spiro atoms. The van der Waals surface area contributed by atoms with E-state index < -0.39 is 28.4 Å². The van der Waals surface area contributed by atoms with E-state index in [1.807, 2.05) is 26.0 Å². The van der Waals surface area contributed by atoms with Crippen molar-refractivity contribution in [3.8, 4) is 0 Å². The van der Waals surface area contributed by atoms with Gasteiger partial charge in [-0.25, -0.2) is 4.98 Å². The number of aromatic nitrogens is 1. The molecule has 0 aliphatic carbocycles. The lowest BCUT2D eigenvalue weighted by Gasteiger charge is -2.24. The number of nitro groups is 1. The zero-order valence-corrected chi connectivity index (χ0v) is 19.8. The summed E-state index contributed by atoms with van der Waals surface area (Å²) < 4.78 is 6.32. The maximum Gasteiger partial charge on any atom is 0.296 e. The molecule has 4 aromatic rings. The number of furan rings is 1. The lowest BCUT2D eigenvalue weighted by Crippen LogP contribution is -2.31. The molecule has 0 fully saturated rings. The minimum Gasteiger partial charge on any atom is -0.503 e. The number of carbonyl (C=O) groups excluding carboxylic acids is 2. The number of carbonyl (C=O) groups is 2. The van der Waals surface area contributed by atoms with Crippen molar-refractivity contribution in [3.63, 3.8) is 0 Å². The van der Waals surface area contributed by atoms with Crippen molar-refractivity contribution in [2.24, 2.45) is 0 Å². The third-order valence-electron chi connectivity index (χ3n) is 5.86. The fourth-order valence-corrected chi connectivity index (χ4v) is 5.45. The number of nitro benzene ring substituents is 1. The fourth-order valence-electron chi connectivity index (χ4n) is 4.28. The van der Waals surface area contributed by atoms with Crippen LogP contribution in [0.25, 0.3) is 10.2 Å². The summed E-state index contributed by atoms with van der Waals surface area (Å²) in [5.41, 5.74) is 2.78. The highest BCUT2D eigenvalue weighted by molar-refractivity contribution is 7.22. The number of aliphatic hydroxyl groups is 1. The van der Waals surface area contributed by atoms with Crippen LogP contribution in [0.4, 0.5) is 10.8 Å². The molecule has 1 aliphatic heterocycles. The third kappa shape index (κ3) is 3.68. The summed E-state index contributed by atoms with van der Waals surface area (Å²) in [6.45, 7) is 5.56. The van der Waals surface area contributed by atoms with Crippen LogP contribution >= 0.6 is 11.3 Å². The molecule has 0 radical (unpaired) electrons. The molecule has 1 unspecified atom stereocenters. The monoisotopic (exact) mass is 489 g/mol. The zero-order valence-electron chi connectivity index (χ0n) is 18.9. The standard InChI is InChI=1S/C25H19N3O6S/c1-12-10-13(2)20-18(11-12)35-25(26-20)27-21(15-5-7-16(8-6-15)28(32)33)19(23(30)24(27)31)22(29)17-9-4-14(3)34-17/h4-11,21,30H,1-3H3. The van der Waals surface area contributed by atoms with Gasteiger partial charge < -0.3 is 9.52 Å². The van der Waals surface area contributed by atoms with Crippen molar-refractivity contribution in [1.29, 1.82) is 0 Å². The number of anilines is 1. The summed E-state index contributed by atoms with van der Waals surface area (Å²) in [4.78, 5) is 43.3. The van der Waals surface area contributed by atoms with Gasteiger partial charge in [-0.2, -0.15) is 0 Å². The maximum atomic E-state index is 13.4. The molecular weight excluding hydrogens is 470 g/mol. The van der Waals surface area contributed by atoms with Crippen LogP contribution in [-0.2, 0) is 4.79 Å². The highest BCUT2D eigenvalue weighted by Crippen LogP contribution is 2.45. The van der Waals surface area contributed by atoms with E-state index in [2.05, 4.69) is 4.98 Å². The molecule has 2 aromatic heterocycles. The molecule has 3 heterocycles. The Bertz CT molecular complexity index is 1560. The van der Waals surface area contributed by atoms with Gasteiger partial charge in [0.25, 0.3) is 11.6 Å². The Morgan fingerprint density at radius 3 is 2.49 bits per heavy atom. The minimum absolute atomic E-state index is 0.0265. The second-order valence-corrected chi connectivity index (χ2v) is 9.36. The van der Waals surface area contributed by atoms with Crippen LogP contribution in [-0.4, -0.2) is 26.7 Å². The number of aryl methyl sites for hydroxylation is 3. The number of fused-ring (bicyclic) bond motifs is 1. The van der Waals surface area contributed by atoms with E-state index in [1.54, 1.807) is 13.0 Å². The first kappa shape index (κ1) is 22.5. The number of amides is 1. The molecule has 176 valence electrons. The fraction of sp³-hybridized carbons (Fsp3) is 0.160. The van der Waals surface area contributed by atoms with E-state index in [-0.39, 0.29) is 17.0 Å². The molecule has 0 bridgehead atoms. The smallest absolute Gasteiger partial charge is 0.296 e. The van der Waals surface area contributed by atoms with Crippen LogP contribution in [0, 0.1) is 30.9 Å². The molecule has 1 amide bonds. The number of non-ortho nitro benzene ring substituents is 1.